The first-order valence-corrected chi connectivity index (χ1v) is 7.76. The number of urea groups is 1. The lowest BCUT2D eigenvalue weighted by Crippen LogP contribution is -2.37. The van der Waals surface area contributed by atoms with Gasteiger partial charge < -0.3 is 15.2 Å². The second-order valence-electron chi connectivity index (χ2n) is 4.76. The molecular weight excluding hydrogens is 318 g/mol. The van der Waals surface area contributed by atoms with Gasteiger partial charge in [-0.2, -0.15) is 0 Å². The molecule has 0 unspecified atom stereocenters. The van der Waals surface area contributed by atoms with Crippen LogP contribution in [-0.4, -0.2) is 35.7 Å². The van der Waals surface area contributed by atoms with Crippen molar-refractivity contribution in [2.24, 2.45) is 5.92 Å². The Balaban J connectivity index is 1.91. The molecule has 8 heteroatoms. The van der Waals surface area contributed by atoms with Gasteiger partial charge in [0.2, 0.25) is 0 Å². The highest BCUT2D eigenvalue weighted by Gasteiger charge is 2.20. The lowest BCUT2D eigenvalue weighted by molar-refractivity contribution is -0.145. The van der Waals surface area contributed by atoms with Crippen LogP contribution < -0.4 is 10.6 Å². The Labute approximate surface area is 137 Å². The van der Waals surface area contributed by atoms with Crippen molar-refractivity contribution in [3.63, 3.8) is 0 Å². The first-order chi connectivity index (χ1) is 11.1. The second kappa shape index (κ2) is 8.14. The number of phenols is 1. The number of hydrogen-bond donors (Lipinski definition) is 3. The number of aromatic nitrogens is 1. The van der Waals surface area contributed by atoms with Gasteiger partial charge in [0.1, 0.15) is 5.75 Å². The lowest BCUT2D eigenvalue weighted by Gasteiger charge is -2.15. The zero-order valence-electron chi connectivity index (χ0n) is 12.5. The topological polar surface area (TPSA) is 101 Å². The van der Waals surface area contributed by atoms with Crippen LogP contribution in [0.4, 0.5) is 9.93 Å². The van der Waals surface area contributed by atoms with E-state index in [4.69, 9.17) is 4.74 Å². The van der Waals surface area contributed by atoms with E-state index in [1.165, 1.54) is 18.4 Å². The summed E-state index contributed by atoms with van der Waals surface area (Å²) in [5.41, 5.74) is 0.861. The maximum Gasteiger partial charge on any atom is 0.321 e. The third-order valence-corrected chi connectivity index (χ3v) is 3.80. The van der Waals surface area contributed by atoms with Gasteiger partial charge in [-0.25, -0.2) is 9.78 Å². The highest BCUT2D eigenvalue weighted by molar-refractivity contribution is 7.13. The molecule has 0 radical (unpaired) electrons. The van der Waals surface area contributed by atoms with E-state index in [1.807, 2.05) is 0 Å². The summed E-state index contributed by atoms with van der Waals surface area (Å²) in [6.45, 7) is 0.130. The van der Waals surface area contributed by atoms with Crippen LogP contribution >= 0.6 is 11.3 Å². The number of ether oxygens (including phenoxy) is 1. The fraction of sp³-hybridized carbons (Fsp3) is 0.267. The van der Waals surface area contributed by atoms with Crippen LogP contribution in [0.2, 0.25) is 0 Å². The number of nitrogens with zero attached hydrogens (tertiary/aromatic N) is 1. The van der Waals surface area contributed by atoms with Crippen molar-refractivity contribution in [2.75, 3.05) is 19.0 Å². The van der Waals surface area contributed by atoms with Crippen molar-refractivity contribution in [3.8, 4) is 5.75 Å². The van der Waals surface area contributed by atoms with Crippen molar-refractivity contribution in [1.82, 2.24) is 10.3 Å². The summed E-state index contributed by atoms with van der Waals surface area (Å²) < 4.78 is 4.78. The van der Waals surface area contributed by atoms with Crippen LogP contribution in [0.1, 0.15) is 5.56 Å². The fourth-order valence-corrected chi connectivity index (χ4v) is 2.49. The molecule has 0 aliphatic carbocycles. The lowest BCUT2D eigenvalue weighted by atomic mass is 9.99. The minimum atomic E-state index is -0.522. The van der Waals surface area contributed by atoms with E-state index in [0.717, 1.165) is 5.56 Å². The SMILES string of the molecule is COC(=O)[C@H](CNC(=O)Nc1nccs1)Cc1ccc(O)cc1. The van der Waals surface area contributed by atoms with E-state index in [1.54, 1.807) is 35.8 Å². The molecule has 7 nitrogen and oxygen atoms in total. The molecule has 3 N–H and O–H groups in total. The van der Waals surface area contributed by atoms with Crippen LogP contribution in [0.3, 0.4) is 0 Å². The molecule has 0 saturated heterocycles. The Bertz CT molecular complexity index is 643. The van der Waals surface area contributed by atoms with Gasteiger partial charge in [0.05, 0.1) is 13.0 Å². The molecule has 2 amide bonds. The van der Waals surface area contributed by atoms with Gasteiger partial charge in [-0.1, -0.05) is 12.1 Å². The van der Waals surface area contributed by atoms with Gasteiger partial charge >= 0.3 is 12.0 Å². The number of amides is 2. The van der Waals surface area contributed by atoms with Crippen molar-refractivity contribution < 1.29 is 19.4 Å². The van der Waals surface area contributed by atoms with Crippen LogP contribution in [0, 0.1) is 5.92 Å². The van der Waals surface area contributed by atoms with Crippen LogP contribution in [-0.2, 0) is 16.0 Å². The maximum atomic E-state index is 11.9. The summed E-state index contributed by atoms with van der Waals surface area (Å²) in [6.07, 6.45) is 1.98. The smallest absolute Gasteiger partial charge is 0.321 e. The number of hydrogen-bond acceptors (Lipinski definition) is 6. The molecule has 0 aliphatic heterocycles. The number of carbonyl (C=O) groups is 2. The van der Waals surface area contributed by atoms with Gasteiger partial charge in [0, 0.05) is 18.1 Å². The largest absolute Gasteiger partial charge is 0.508 e. The van der Waals surface area contributed by atoms with E-state index in [2.05, 4.69) is 15.6 Å². The van der Waals surface area contributed by atoms with Gasteiger partial charge in [-0.15, -0.1) is 11.3 Å². The molecule has 0 spiro atoms. The maximum absolute atomic E-state index is 11.9. The summed E-state index contributed by atoms with van der Waals surface area (Å²) in [5.74, 6) is -0.775. The van der Waals surface area contributed by atoms with Gasteiger partial charge in [0.15, 0.2) is 5.13 Å². The zero-order chi connectivity index (χ0) is 16.7. The van der Waals surface area contributed by atoms with E-state index >= 15 is 0 Å². The predicted molar refractivity (Wildman–Crippen MR) is 86.5 cm³/mol. The number of aromatic hydroxyl groups is 1. The fourth-order valence-electron chi connectivity index (χ4n) is 1.96. The Hall–Kier alpha value is -2.61. The van der Waals surface area contributed by atoms with Crippen molar-refractivity contribution in [2.45, 2.75) is 6.42 Å². The molecule has 23 heavy (non-hydrogen) atoms. The van der Waals surface area contributed by atoms with Gasteiger partial charge in [-0.05, 0) is 24.1 Å². The summed E-state index contributed by atoms with van der Waals surface area (Å²) in [7, 11) is 1.31. The predicted octanol–water partition coefficient (Wildman–Crippen LogP) is 2.00. The van der Waals surface area contributed by atoms with E-state index in [-0.39, 0.29) is 12.3 Å². The molecule has 0 fully saturated rings. The number of rotatable bonds is 6. The second-order valence-corrected chi connectivity index (χ2v) is 5.66. The molecule has 0 saturated carbocycles. The highest BCUT2D eigenvalue weighted by atomic mass is 32.1. The van der Waals surface area contributed by atoms with Crippen molar-refractivity contribution in [3.05, 3.63) is 41.4 Å². The summed E-state index contributed by atoms with van der Waals surface area (Å²) in [4.78, 5) is 27.6. The third-order valence-electron chi connectivity index (χ3n) is 3.11. The molecule has 0 bridgehead atoms. The Morgan fingerprint density at radius 1 is 1.35 bits per heavy atom. The number of thiazole rings is 1. The normalized spacial score (nSPS) is 11.5. The Kier molecular flexibility index (Phi) is 5.93. The average molecular weight is 335 g/mol. The highest BCUT2D eigenvalue weighted by Crippen LogP contribution is 2.15. The molecule has 1 heterocycles. The summed E-state index contributed by atoms with van der Waals surface area (Å²) >= 11 is 1.30. The van der Waals surface area contributed by atoms with Crippen LogP contribution in [0.15, 0.2) is 35.8 Å². The molecule has 2 aromatic rings. The number of anilines is 1. The number of methoxy groups -OCH3 is 1. The molecule has 2 rings (SSSR count). The zero-order valence-corrected chi connectivity index (χ0v) is 13.3. The van der Waals surface area contributed by atoms with Crippen molar-refractivity contribution in [1.29, 1.82) is 0 Å². The molecule has 1 aromatic carbocycles. The summed E-state index contributed by atoms with van der Waals surface area (Å²) in [5, 5.41) is 16.7. The first kappa shape index (κ1) is 16.8. The number of benzene rings is 1. The first-order valence-electron chi connectivity index (χ1n) is 6.88. The molecule has 1 atom stereocenters. The number of phenolic OH excluding ortho intramolecular Hbond substituents is 1. The Morgan fingerprint density at radius 2 is 2.09 bits per heavy atom. The Morgan fingerprint density at radius 3 is 2.70 bits per heavy atom. The average Bonchev–Trinajstić information content (AvgIpc) is 3.05. The number of esters is 1. The monoisotopic (exact) mass is 335 g/mol. The van der Waals surface area contributed by atoms with Crippen LogP contribution in [0.25, 0.3) is 0 Å². The molecule has 122 valence electrons. The minimum Gasteiger partial charge on any atom is -0.508 e. The van der Waals surface area contributed by atoms with Crippen molar-refractivity contribution >= 4 is 28.5 Å². The van der Waals surface area contributed by atoms with E-state index in [0.29, 0.717) is 11.6 Å². The molecular formula is C15H17N3O4S. The molecule has 1 aromatic heterocycles. The quantitative estimate of drug-likeness (QED) is 0.701. The number of nitrogens with one attached hydrogen (secondary N) is 2. The van der Waals surface area contributed by atoms with Gasteiger partial charge in [-0.3, -0.25) is 10.1 Å². The van der Waals surface area contributed by atoms with Gasteiger partial charge in [0.25, 0.3) is 0 Å². The summed E-state index contributed by atoms with van der Waals surface area (Å²) in [6, 6.07) is 6.11. The van der Waals surface area contributed by atoms with E-state index < -0.39 is 17.9 Å². The molecule has 0 aliphatic rings. The minimum absolute atomic E-state index is 0.130. The number of carbonyl (C=O) groups excluding carboxylic acids is 2. The standard InChI is InChI=1S/C15H17N3O4S/c1-22-13(20)11(8-10-2-4-12(19)5-3-10)9-17-14(21)18-15-16-6-7-23-15/h2-7,11,19H,8-9H2,1H3,(H2,16,17,18,21)/t11-/m0/s1. The van der Waals surface area contributed by atoms with E-state index in [9.17, 15) is 14.7 Å². The van der Waals surface area contributed by atoms with Crippen LogP contribution in [0.5, 0.6) is 5.75 Å². The third kappa shape index (κ3) is 5.26.